The molecule has 0 bridgehead atoms. The molecule has 0 amide bonds. The van der Waals surface area contributed by atoms with Gasteiger partial charge in [0, 0.05) is 5.57 Å². The second-order valence-electron chi connectivity index (χ2n) is 1.44. The van der Waals surface area contributed by atoms with Crippen molar-refractivity contribution < 1.29 is 19.1 Å². The molecule has 0 aliphatic heterocycles. The summed E-state index contributed by atoms with van der Waals surface area (Å²) in [7, 11) is 0. The Kier molecular flexibility index (Phi) is 2.57. The first kappa shape index (κ1) is 7.81. The first-order chi connectivity index (χ1) is 4.04. The summed E-state index contributed by atoms with van der Waals surface area (Å²) in [4.78, 5) is 19.4. The molecule has 50 valence electrons. The van der Waals surface area contributed by atoms with Gasteiger partial charge in [0.2, 0.25) is 0 Å². The second kappa shape index (κ2) is 2.96. The Morgan fingerprint density at radius 3 is 2.11 bits per heavy atom. The largest absolute Gasteiger partial charge is 0.478 e. The van der Waals surface area contributed by atoms with E-state index in [2.05, 4.69) is 6.58 Å². The van der Waals surface area contributed by atoms with E-state index in [1.54, 1.807) is 0 Å². The maximum Gasteiger partial charge on any atom is 0.331 e. The van der Waals surface area contributed by atoms with Crippen LogP contribution in [-0.4, -0.2) is 17.1 Å². The van der Waals surface area contributed by atoms with Crippen molar-refractivity contribution in [2.45, 2.75) is 6.42 Å². The molecule has 0 saturated carbocycles. The van der Waals surface area contributed by atoms with Gasteiger partial charge in [0.05, 0.1) is 6.42 Å². The van der Waals surface area contributed by atoms with Gasteiger partial charge in [0.1, 0.15) is 0 Å². The van der Waals surface area contributed by atoms with Crippen molar-refractivity contribution in [2.75, 3.05) is 0 Å². The number of carbonyl (C=O) groups excluding carboxylic acids is 1. The Morgan fingerprint density at radius 1 is 1.56 bits per heavy atom. The van der Waals surface area contributed by atoms with Crippen LogP contribution in [0.25, 0.3) is 0 Å². The van der Waals surface area contributed by atoms with E-state index in [0.29, 0.717) is 0 Å². The lowest BCUT2D eigenvalue weighted by Crippen LogP contribution is -2.02. The molecule has 0 fully saturated rings. The van der Waals surface area contributed by atoms with Gasteiger partial charge in [-0.1, -0.05) is 6.58 Å². The summed E-state index contributed by atoms with van der Waals surface area (Å²) in [5.74, 6) is -1.35. The lowest BCUT2D eigenvalue weighted by atomic mass is 10.2. The van der Waals surface area contributed by atoms with Crippen molar-refractivity contribution in [3.63, 3.8) is 0 Å². The molecular formula is C5H5FO3. The summed E-state index contributed by atoms with van der Waals surface area (Å²) in [5.41, 5.74) is -0.428. The number of carboxylic acid groups (broad SMARTS) is 1. The van der Waals surface area contributed by atoms with Crippen LogP contribution in [-0.2, 0) is 9.59 Å². The van der Waals surface area contributed by atoms with Crippen LogP contribution in [0.5, 0.6) is 0 Å². The fourth-order valence-electron chi connectivity index (χ4n) is 0.243. The van der Waals surface area contributed by atoms with Crippen LogP contribution in [0.15, 0.2) is 12.2 Å². The number of aliphatic carboxylic acids is 1. The molecule has 0 radical (unpaired) electrons. The highest BCUT2D eigenvalue weighted by molar-refractivity contribution is 5.91. The third-order valence-electron chi connectivity index (χ3n) is 0.655. The molecule has 3 nitrogen and oxygen atoms in total. The number of halogens is 1. The maximum absolute atomic E-state index is 11.3. The molecule has 0 atom stereocenters. The predicted octanol–water partition coefficient (Wildman–Crippen LogP) is 0.513. The minimum absolute atomic E-state index is 0.428. The quantitative estimate of drug-likeness (QED) is 0.449. The molecule has 0 heterocycles. The molecular weight excluding hydrogens is 127 g/mol. The van der Waals surface area contributed by atoms with Gasteiger partial charge in [-0.15, -0.1) is 0 Å². The fraction of sp³-hybridized carbons (Fsp3) is 0.200. The molecule has 0 aromatic carbocycles. The van der Waals surface area contributed by atoms with Gasteiger partial charge in [-0.05, 0) is 0 Å². The molecule has 0 spiro atoms. The number of hydrogen-bond donors (Lipinski definition) is 1. The van der Waals surface area contributed by atoms with Crippen LogP contribution < -0.4 is 0 Å². The van der Waals surface area contributed by atoms with Crippen molar-refractivity contribution in [2.24, 2.45) is 0 Å². The molecule has 0 aromatic rings. The number of carbonyl (C=O) groups is 2. The molecule has 9 heavy (non-hydrogen) atoms. The summed E-state index contributed by atoms with van der Waals surface area (Å²) in [6.07, 6.45) is -0.727. The zero-order valence-electron chi connectivity index (χ0n) is 4.56. The first-order valence-electron chi connectivity index (χ1n) is 2.13. The van der Waals surface area contributed by atoms with Gasteiger partial charge in [-0.2, -0.15) is 4.39 Å². The highest BCUT2D eigenvalue weighted by Gasteiger charge is 2.07. The van der Waals surface area contributed by atoms with Gasteiger partial charge in [-0.3, -0.25) is 4.79 Å². The Morgan fingerprint density at radius 2 is 2.00 bits per heavy atom. The van der Waals surface area contributed by atoms with Crippen molar-refractivity contribution in [1.82, 2.24) is 0 Å². The van der Waals surface area contributed by atoms with Gasteiger partial charge in [-0.25, -0.2) is 4.79 Å². The Bertz CT molecular complexity index is 162. The molecule has 0 saturated heterocycles. The standard InChI is InChI=1S/C5H5FO3/c1-3(5(8)9)2-4(6)7/h1-2H2,(H,8,9). The minimum Gasteiger partial charge on any atom is -0.478 e. The van der Waals surface area contributed by atoms with Crippen LogP contribution in [0.3, 0.4) is 0 Å². The lowest BCUT2D eigenvalue weighted by Gasteiger charge is -1.89. The van der Waals surface area contributed by atoms with Gasteiger partial charge in [0.25, 0.3) is 0 Å². The van der Waals surface area contributed by atoms with Crippen LogP contribution in [0, 0.1) is 0 Å². The second-order valence-corrected chi connectivity index (χ2v) is 1.44. The Hall–Kier alpha value is -1.19. The highest BCUT2D eigenvalue weighted by Crippen LogP contribution is 1.98. The zero-order chi connectivity index (χ0) is 7.44. The molecule has 4 heteroatoms. The van der Waals surface area contributed by atoms with E-state index in [4.69, 9.17) is 5.11 Å². The molecule has 0 unspecified atom stereocenters. The summed E-state index contributed by atoms with van der Waals surface area (Å²) in [6, 6.07) is -1.68. The minimum atomic E-state index is -1.68. The molecule has 0 aliphatic rings. The van der Waals surface area contributed by atoms with Crippen molar-refractivity contribution in [3.8, 4) is 0 Å². The monoisotopic (exact) mass is 132 g/mol. The normalized spacial score (nSPS) is 8.56. The van der Waals surface area contributed by atoms with E-state index in [1.807, 2.05) is 0 Å². The number of rotatable bonds is 3. The first-order valence-corrected chi connectivity index (χ1v) is 2.13. The third-order valence-corrected chi connectivity index (χ3v) is 0.655. The van der Waals surface area contributed by atoms with Crippen LogP contribution in [0.4, 0.5) is 4.39 Å². The van der Waals surface area contributed by atoms with E-state index in [1.165, 1.54) is 0 Å². The van der Waals surface area contributed by atoms with Gasteiger partial charge in [0.15, 0.2) is 0 Å². The van der Waals surface area contributed by atoms with Crippen molar-refractivity contribution >= 4 is 12.0 Å². The zero-order valence-corrected chi connectivity index (χ0v) is 4.56. The summed E-state index contributed by atoms with van der Waals surface area (Å²) < 4.78 is 11.3. The van der Waals surface area contributed by atoms with Crippen molar-refractivity contribution in [3.05, 3.63) is 12.2 Å². The fourth-order valence-corrected chi connectivity index (χ4v) is 0.243. The average Bonchev–Trinajstić information content (AvgIpc) is 1.63. The number of carboxylic acids is 1. The van der Waals surface area contributed by atoms with Gasteiger partial charge >= 0.3 is 12.0 Å². The summed E-state index contributed by atoms with van der Waals surface area (Å²) in [6.45, 7) is 2.93. The van der Waals surface area contributed by atoms with Gasteiger partial charge < -0.3 is 5.11 Å². The molecule has 0 aliphatic carbocycles. The number of hydrogen-bond acceptors (Lipinski definition) is 2. The Balaban J connectivity index is 3.79. The van der Waals surface area contributed by atoms with E-state index in [-0.39, 0.29) is 0 Å². The highest BCUT2D eigenvalue weighted by atomic mass is 19.1. The molecule has 0 rings (SSSR count). The van der Waals surface area contributed by atoms with Crippen LogP contribution in [0.2, 0.25) is 0 Å². The van der Waals surface area contributed by atoms with E-state index in [9.17, 15) is 14.0 Å². The third kappa shape index (κ3) is 3.40. The van der Waals surface area contributed by atoms with E-state index >= 15 is 0 Å². The van der Waals surface area contributed by atoms with E-state index in [0.717, 1.165) is 0 Å². The Labute approximate surface area is 50.8 Å². The summed E-state index contributed by atoms with van der Waals surface area (Å²) in [5, 5.41) is 8.01. The SMILES string of the molecule is C=C(CC(=O)F)C(=O)O. The smallest absolute Gasteiger partial charge is 0.331 e. The lowest BCUT2D eigenvalue weighted by molar-refractivity contribution is -0.135. The predicted molar refractivity (Wildman–Crippen MR) is 27.5 cm³/mol. The molecule has 0 aromatic heterocycles. The topological polar surface area (TPSA) is 54.4 Å². The van der Waals surface area contributed by atoms with Crippen molar-refractivity contribution in [1.29, 1.82) is 0 Å². The summed E-state index contributed by atoms with van der Waals surface area (Å²) >= 11 is 0. The van der Waals surface area contributed by atoms with E-state index < -0.39 is 24.0 Å². The molecule has 1 N–H and O–H groups in total. The average molecular weight is 132 g/mol. The maximum atomic E-state index is 11.3. The van der Waals surface area contributed by atoms with Crippen LogP contribution >= 0.6 is 0 Å². The van der Waals surface area contributed by atoms with Crippen LogP contribution in [0.1, 0.15) is 6.42 Å².